The molecular weight excluding hydrogens is 1720 g/mol. The van der Waals surface area contributed by atoms with Gasteiger partial charge in [-0.05, 0) is 79.1 Å². The quantitative estimate of drug-likeness (QED) is 0.0578. The van der Waals surface area contributed by atoms with Crippen LogP contribution in [-0.2, 0) is 21.8 Å². The average Bonchev–Trinajstić information content (AvgIpc) is 0.878. The van der Waals surface area contributed by atoms with Crippen molar-refractivity contribution >= 4 is 148 Å². The third-order valence-electron chi connectivity index (χ3n) is 22.6. The van der Waals surface area contributed by atoms with Gasteiger partial charge in [-0.15, -0.1) is 89.0 Å². The minimum atomic E-state index is -2.66. The standard InChI is InChI=1S/C70H76Si2.C32H28.4BrH.2Ni/c1-47(2)60-41-56(71(69(9,10)11,52-31-19-15-20-32-52)53-33-21-16-22-34-53)42-61(48(3)4)66(60)45-64-58-39-27-29-51-30-28-40-59(68(51)58)65(64)46-67-62(49(5)6)43-57(44-63(67)50(7)8)72(70(12,13)14,54-35-23-17-24-36-54)55-37-25-18-26-38-55;1-19-13-21(3)28(22(4)14-19)17-30-26-11-7-9-25-10-8-12-27(32(25)26)31(30)18-29-23(5)15-20(2)16-24(29)6;;;;;;/h15-44,47-50H,1-14H3;7-16H,1-6H3;4*1H;;/q2*-2;;;;;2*+4/p-4. The molecule has 2 aliphatic rings. The third kappa shape index (κ3) is 16.7. The van der Waals surface area contributed by atoms with E-state index in [1.165, 1.54) is 175 Å². The van der Waals surface area contributed by atoms with Crippen LogP contribution >= 0.6 is 56.9 Å². The summed E-state index contributed by atoms with van der Waals surface area (Å²) < 4.78 is 0. The predicted octanol–water partition coefficient (Wildman–Crippen LogP) is 26.9. The first-order chi connectivity index (χ1) is 52.5. The molecule has 0 fully saturated rings. The van der Waals surface area contributed by atoms with Crippen LogP contribution in [0.2, 0.25) is 10.1 Å². The summed E-state index contributed by atoms with van der Waals surface area (Å²) in [5, 5.41) is 13.8. The molecule has 8 heteroatoms. The van der Waals surface area contributed by atoms with E-state index in [1.54, 1.807) is 0 Å². The van der Waals surface area contributed by atoms with Gasteiger partial charge in [-0.25, -0.2) is 0 Å². The Balaban J connectivity index is 0.000000260. The molecule has 0 nitrogen and oxygen atoms in total. The van der Waals surface area contributed by atoms with Gasteiger partial charge in [-0.3, -0.25) is 0 Å². The predicted molar refractivity (Wildman–Crippen MR) is 492 cm³/mol. The fraction of sp³-hybridized carbons (Fsp3) is 0.255. The van der Waals surface area contributed by atoms with Gasteiger partial charge in [-0.2, -0.15) is 46.6 Å². The molecule has 0 aliphatic heterocycles. The Morgan fingerprint density at radius 2 is 0.482 bits per heavy atom. The maximum absolute atomic E-state index is 4.35. The summed E-state index contributed by atoms with van der Waals surface area (Å²) in [6.07, 6.45) is 16.4. The Hall–Kier alpha value is -6.54. The molecule has 0 bridgehead atoms. The molecule has 0 N–H and O–H groups in total. The third-order valence-corrected chi connectivity index (χ3v) is 34.2. The van der Waals surface area contributed by atoms with Crippen LogP contribution in [0.1, 0.15) is 221 Å². The van der Waals surface area contributed by atoms with Gasteiger partial charge in [0.2, 0.25) is 0 Å². The Morgan fingerprint density at radius 3 is 0.682 bits per heavy atom. The van der Waals surface area contributed by atoms with E-state index in [1.807, 2.05) is 0 Å². The van der Waals surface area contributed by atoms with E-state index in [9.17, 15) is 0 Å². The van der Waals surface area contributed by atoms with E-state index >= 15 is 0 Å². The van der Waals surface area contributed by atoms with Crippen molar-refractivity contribution in [1.29, 1.82) is 0 Å². The molecule has 0 heterocycles. The van der Waals surface area contributed by atoms with Crippen molar-refractivity contribution in [3.8, 4) is 0 Å². The molecular formula is C102H104Br4Ni2Si2. The SMILES string of the molecule is CC(C)c1cc([Si](c2ccccc2)(c2ccccc2)C(C)(C)C)cc(C(C)C)c1[C-]=C1C(=[C-]c2c(C(C)C)cc([Si](c3ccccc3)(c3ccccc3)C(C)(C)C)cc2C(C)C)c2cccc3cccc1c23.Cc1cc(C)c([C-]=C2C(=[C-]c3c(C)cc(C)cc3C)c3cccc4cccc2c34)c(C)c1.[Br][Ni+2][Br].[Br][Ni+2][Br]. The number of aryl methyl sites for hydroxylation is 6. The van der Waals surface area contributed by atoms with Crippen LogP contribution in [0.4, 0.5) is 0 Å². The summed E-state index contributed by atoms with van der Waals surface area (Å²) in [7, 11) is -2.82. The van der Waals surface area contributed by atoms with E-state index < -0.39 is 16.1 Å². The molecule has 2 aliphatic carbocycles. The second kappa shape index (κ2) is 35.9. The number of benzene rings is 12. The zero-order valence-electron chi connectivity index (χ0n) is 67.5. The maximum atomic E-state index is 4.35. The van der Waals surface area contributed by atoms with Crippen molar-refractivity contribution in [3.63, 3.8) is 0 Å². The Morgan fingerprint density at radius 1 is 0.273 bits per heavy atom. The van der Waals surface area contributed by atoms with Gasteiger partial charge in [-0.1, -0.05) is 400 Å². The molecule has 12 aromatic carbocycles. The van der Waals surface area contributed by atoms with E-state index in [0.717, 1.165) is 22.3 Å². The van der Waals surface area contributed by atoms with Crippen molar-refractivity contribution < 1.29 is 21.8 Å². The van der Waals surface area contributed by atoms with Gasteiger partial charge < -0.3 is 0 Å². The Bertz CT molecular complexity index is 4930. The molecule has 0 spiro atoms. The first kappa shape index (κ1) is 84.4. The van der Waals surface area contributed by atoms with Crippen LogP contribution in [0.15, 0.2) is 243 Å². The van der Waals surface area contributed by atoms with Crippen molar-refractivity contribution in [2.75, 3.05) is 0 Å². The second-order valence-corrected chi connectivity index (χ2v) is 52.6. The molecule has 0 unspecified atom stereocenters. The summed E-state index contributed by atoms with van der Waals surface area (Å²) in [6.45, 7) is 47.0. The normalized spacial score (nSPS) is 14.4. The number of halogens is 4. The van der Waals surface area contributed by atoms with Gasteiger partial charge in [0.25, 0.3) is 0 Å². The minimum absolute atomic E-state index is 0.0372. The first-order valence-corrected chi connectivity index (χ1v) is 52.3. The van der Waals surface area contributed by atoms with E-state index in [0.29, 0.717) is 0 Å². The van der Waals surface area contributed by atoms with E-state index in [4.69, 9.17) is 0 Å². The molecule has 0 atom stereocenters. The van der Waals surface area contributed by atoms with Gasteiger partial charge >= 0.3 is 78.7 Å². The molecule has 12 aromatic rings. The van der Waals surface area contributed by atoms with Gasteiger partial charge in [0.1, 0.15) is 0 Å². The molecule has 0 radical (unpaired) electrons. The fourth-order valence-electron chi connectivity index (χ4n) is 18.1. The summed E-state index contributed by atoms with van der Waals surface area (Å²) >= 11 is 12.0. The zero-order valence-corrected chi connectivity index (χ0v) is 77.9. The molecule has 110 heavy (non-hydrogen) atoms. The van der Waals surface area contributed by atoms with Crippen molar-refractivity contribution in [1.82, 2.24) is 0 Å². The molecule has 568 valence electrons. The van der Waals surface area contributed by atoms with Gasteiger partial charge in [0.15, 0.2) is 16.1 Å². The first-order valence-electron chi connectivity index (χ1n) is 38.5. The Kier molecular flexibility index (Phi) is 27.5. The summed E-state index contributed by atoms with van der Waals surface area (Å²) in [6, 6.07) is 92.2. The van der Waals surface area contributed by atoms with Crippen LogP contribution in [0, 0.1) is 65.8 Å². The van der Waals surface area contributed by atoms with Gasteiger partial charge in [0.05, 0.1) is 0 Å². The number of hydrogen-bond acceptors (Lipinski definition) is 0. The molecule has 0 amide bonds. The number of hydrogen-bond donors (Lipinski definition) is 0. The van der Waals surface area contributed by atoms with Gasteiger partial charge in [0, 0.05) is 0 Å². The number of rotatable bonds is 14. The molecule has 0 saturated carbocycles. The van der Waals surface area contributed by atoms with Crippen LogP contribution in [0.5, 0.6) is 0 Å². The van der Waals surface area contributed by atoms with Crippen LogP contribution in [-0.4, -0.2) is 16.1 Å². The van der Waals surface area contributed by atoms with Crippen LogP contribution in [0.25, 0.3) is 43.8 Å². The van der Waals surface area contributed by atoms with Crippen LogP contribution in [0.3, 0.4) is 0 Å². The average molecular weight is 1820 g/mol. The number of allylic oxidation sites excluding steroid dienone is 4. The van der Waals surface area contributed by atoms with Crippen LogP contribution < -0.4 is 31.1 Å². The molecule has 0 aromatic heterocycles. The second-order valence-electron chi connectivity index (χ2n) is 33.2. The topological polar surface area (TPSA) is 0 Å². The van der Waals surface area contributed by atoms with Crippen molar-refractivity contribution in [2.24, 2.45) is 0 Å². The zero-order chi connectivity index (χ0) is 79.3. The Labute approximate surface area is 702 Å². The molecule has 0 saturated heterocycles. The fourth-order valence-corrected chi connectivity index (χ4v) is 29.6. The summed E-state index contributed by atoms with van der Waals surface area (Å²) in [5.41, 5.74) is 27.5. The monoisotopic (exact) mass is 1820 g/mol. The van der Waals surface area contributed by atoms with E-state index in [-0.39, 0.29) is 33.7 Å². The van der Waals surface area contributed by atoms with Crippen molar-refractivity contribution in [3.05, 3.63) is 367 Å². The summed E-state index contributed by atoms with van der Waals surface area (Å²) in [5.74, 6) is 1.03. The molecule has 14 rings (SSSR count). The van der Waals surface area contributed by atoms with Crippen molar-refractivity contribution in [2.45, 2.75) is 172 Å². The summed E-state index contributed by atoms with van der Waals surface area (Å²) in [4.78, 5) is 0. The van der Waals surface area contributed by atoms with E-state index in [2.05, 4.69) is 462 Å².